The predicted molar refractivity (Wildman–Crippen MR) is 112 cm³/mol. The van der Waals surface area contributed by atoms with Gasteiger partial charge in [0, 0.05) is 23.8 Å². The lowest BCUT2D eigenvalue weighted by atomic mass is 9.87. The third kappa shape index (κ3) is 3.92. The van der Waals surface area contributed by atoms with Crippen molar-refractivity contribution in [3.05, 3.63) is 72.1 Å². The zero-order chi connectivity index (χ0) is 20.6. The maximum atomic E-state index is 11.4. The Hall–Kier alpha value is -3.03. The van der Waals surface area contributed by atoms with E-state index in [9.17, 15) is 13.0 Å². The van der Waals surface area contributed by atoms with Gasteiger partial charge in [-0.25, -0.2) is 4.98 Å². The van der Waals surface area contributed by atoms with Gasteiger partial charge in [0.2, 0.25) is 11.6 Å². The van der Waals surface area contributed by atoms with Gasteiger partial charge in [-0.3, -0.25) is 4.55 Å². The summed E-state index contributed by atoms with van der Waals surface area (Å²) in [5.41, 5.74) is 3.15. The van der Waals surface area contributed by atoms with Crippen molar-refractivity contribution in [3.8, 4) is 0 Å². The topological polar surface area (TPSA) is 83.4 Å². The fourth-order valence-corrected chi connectivity index (χ4v) is 4.02. The van der Waals surface area contributed by atoms with Crippen LogP contribution in [0.4, 0.5) is 5.69 Å². The van der Waals surface area contributed by atoms with E-state index in [1.807, 2.05) is 62.6 Å². The van der Waals surface area contributed by atoms with E-state index in [1.54, 1.807) is 18.2 Å². The van der Waals surface area contributed by atoms with Crippen LogP contribution in [0, 0.1) is 0 Å². The van der Waals surface area contributed by atoms with E-state index in [4.69, 9.17) is 4.42 Å². The van der Waals surface area contributed by atoms with Crippen LogP contribution in [-0.2, 0) is 15.5 Å². The molecule has 2 aromatic carbocycles. The van der Waals surface area contributed by atoms with Gasteiger partial charge in [-0.1, -0.05) is 24.3 Å². The normalized spacial score (nSPS) is 17.7. The third-order valence-corrected chi connectivity index (χ3v) is 5.76. The van der Waals surface area contributed by atoms with Crippen molar-refractivity contribution < 1.29 is 22.0 Å². The second-order valence-electron chi connectivity index (χ2n) is 7.58. The second-order valence-corrected chi connectivity index (χ2v) is 9.00. The van der Waals surface area contributed by atoms with Gasteiger partial charge in [0.25, 0.3) is 10.1 Å². The molecule has 7 heteroatoms. The molecule has 0 bridgehead atoms. The van der Waals surface area contributed by atoms with Crippen LogP contribution in [0.5, 0.6) is 0 Å². The third-order valence-electron chi connectivity index (χ3n) is 4.91. The number of rotatable bonds is 4. The molecule has 0 radical (unpaired) electrons. The summed E-state index contributed by atoms with van der Waals surface area (Å²) >= 11 is 0. The van der Waals surface area contributed by atoms with Gasteiger partial charge in [0.1, 0.15) is 5.52 Å². The first kappa shape index (κ1) is 19.3. The molecule has 1 N–H and O–H groups in total. The summed E-state index contributed by atoms with van der Waals surface area (Å²) in [5.74, 6) is 0.543. The number of nitrogens with zero attached hydrogens (tertiary/aromatic N) is 2. The molecule has 3 aromatic rings. The van der Waals surface area contributed by atoms with Crippen LogP contribution in [-0.4, -0.2) is 35.3 Å². The van der Waals surface area contributed by atoms with Crippen molar-refractivity contribution in [1.29, 1.82) is 0 Å². The average Bonchev–Trinajstić information content (AvgIpc) is 3.18. The quantitative estimate of drug-likeness (QED) is 0.393. The van der Waals surface area contributed by atoms with Gasteiger partial charge in [0.15, 0.2) is 18.3 Å². The minimum Gasteiger partial charge on any atom is -0.437 e. The Bertz CT molecular complexity index is 1250. The van der Waals surface area contributed by atoms with E-state index < -0.39 is 10.1 Å². The van der Waals surface area contributed by atoms with Crippen molar-refractivity contribution in [1.82, 2.24) is 4.98 Å². The maximum absolute atomic E-state index is 11.4. The highest BCUT2D eigenvalue weighted by Gasteiger charge is 2.40. The molecule has 0 aliphatic carbocycles. The minimum atomic E-state index is -4.22. The summed E-state index contributed by atoms with van der Waals surface area (Å²) in [6.07, 6.45) is 9.37. The second kappa shape index (κ2) is 7.09. The molecule has 1 aromatic heterocycles. The van der Waals surface area contributed by atoms with Crippen LogP contribution in [0.2, 0.25) is 0 Å². The van der Waals surface area contributed by atoms with Crippen LogP contribution in [0.3, 0.4) is 0 Å². The number of hydrogen-bond donors (Lipinski definition) is 1. The Kier molecular flexibility index (Phi) is 4.72. The average molecular weight is 409 g/mol. The lowest BCUT2D eigenvalue weighted by Crippen LogP contribution is -2.20. The number of allylic oxidation sites excluding steroid dienone is 3. The van der Waals surface area contributed by atoms with Crippen molar-refractivity contribution in [2.45, 2.75) is 24.2 Å². The van der Waals surface area contributed by atoms with E-state index in [0.29, 0.717) is 12.4 Å². The monoisotopic (exact) mass is 409 g/mol. The zero-order valence-electron chi connectivity index (χ0n) is 16.1. The molecule has 2 heterocycles. The number of aromatic nitrogens is 1. The molecular formula is C22H21N2O4S+. The number of hydrogen-bond acceptors (Lipinski definition) is 4. The Balaban J connectivity index is 1.55. The van der Waals surface area contributed by atoms with Gasteiger partial charge < -0.3 is 4.42 Å². The lowest BCUT2D eigenvalue weighted by molar-refractivity contribution is -0.431. The molecule has 4 rings (SSSR count). The first-order valence-corrected chi connectivity index (χ1v) is 10.6. The standard InChI is InChI=1S/C22H20N2O4S/c1-22(2)15-24(19-12-11-16(14-17(19)22)29(25,26)27)13-7-3-4-10-21-23-18-8-5-6-9-20(18)28-21/h3-14H,15H2,1-2H3/p+1/b7-3+,10-4+,24-13?. The number of oxazole rings is 1. The molecule has 0 saturated heterocycles. The number of para-hydroxylation sites is 2. The van der Waals surface area contributed by atoms with Gasteiger partial charge in [-0.2, -0.15) is 13.0 Å². The van der Waals surface area contributed by atoms with Crippen LogP contribution in [0.15, 0.2) is 70.0 Å². The van der Waals surface area contributed by atoms with E-state index >= 15 is 0 Å². The zero-order valence-corrected chi connectivity index (χ0v) is 16.9. The van der Waals surface area contributed by atoms with Crippen LogP contribution >= 0.6 is 0 Å². The molecular weight excluding hydrogens is 388 g/mol. The SMILES string of the molecule is CC1(C)C[N+](=C/C=C/C=C/c2nc3ccccc3o2)c2ccc(S(=O)(=O)O)cc21. The summed E-state index contributed by atoms with van der Waals surface area (Å²) in [4.78, 5) is 4.31. The smallest absolute Gasteiger partial charge is 0.294 e. The molecule has 1 aliphatic heterocycles. The van der Waals surface area contributed by atoms with Gasteiger partial charge in [-0.05, 0) is 38.1 Å². The highest BCUT2D eigenvalue weighted by atomic mass is 32.2. The summed E-state index contributed by atoms with van der Waals surface area (Å²) in [6.45, 7) is 4.80. The molecule has 0 unspecified atom stereocenters. The summed E-state index contributed by atoms with van der Waals surface area (Å²) in [5, 5.41) is 0. The largest absolute Gasteiger partial charge is 0.437 e. The lowest BCUT2D eigenvalue weighted by Gasteiger charge is -2.12. The Morgan fingerprint density at radius 1 is 1.14 bits per heavy atom. The van der Waals surface area contributed by atoms with E-state index in [-0.39, 0.29) is 10.3 Å². The number of fused-ring (bicyclic) bond motifs is 2. The molecule has 6 nitrogen and oxygen atoms in total. The van der Waals surface area contributed by atoms with Crippen molar-refractivity contribution in [2.24, 2.45) is 0 Å². The fourth-order valence-electron chi connectivity index (χ4n) is 3.51. The van der Waals surface area contributed by atoms with Gasteiger partial charge in [-0.15, -0.1) is 0 Å². The number of benzene rings is 2. The molecule has 29 heavy (non-hydrogen) atoms. The van der Waals surface area contributed by atoms with E-state index in [2.05, 4.69) is 9.56 Å². The minimum absolute atomic E-state index is 0.0806. The molecule has 0 spiro atoms. The summed E-state index contributed by atoms with van der Waals surface area (Å²) in [7, 11) is -4.22. The molecule has 0 atom stereocenters. The summed E-state index contributed by atoms with van der Waals surface area (Å²) < 4.78 is 39.9. The van der Waals surface area contributed by atoms with Crippen LogP contribution < -0.4 is 0 Å². The molecule has 148 valence electrons. The van der Waals surface area contributed by atoms with Crippen molar-refractivity contribution in [3.63, 3.8) is 0 Å². The van der Waals surface area contributed by atoms with Crippen LogP contribution in [0.25, 0.3) is 17.2 Å². The Labute approximate surface area is 169 Å². The van der Waals surface area contributed by atoms with E-state index in [1.165, 1.54) is 6.07 Å². The fraction of sp³-hybridized carbons (Fsp3) is 0.182. The van der Waals surface area contributed by atoms with Crippen LogP contribution in [0.1, 0.15) is 25.3 Å². The highest BCUT2D eigenvalue weighted by Crippen LogP contribution is 2.40. The van der Waals surface area contributed by atoms with Gasteiger partial charge in [0.05, 0.1) is 10.3 Å². The Morgan fingerprint density at radius 3 is 2.69 bits per heavy atom. The highest BCUT2D eigenvalue weighted by molar-refractivity contribution is 7.85. The Morgan fingerprint density at radius 2 is 1.93 bits per heavy atom. The summed E-state index contributed by atoms with van der Waals surface area (Å²) in [6, 6.07) is 12.3. The maximum Gasteiger partial charge on any atom is 0.294 e. The van der Waals surface area contributed by atoms with Crippen molar-refractivity contribution >= 4 is 39.2 Å². The van der Waals surface area contributed by atoms with Crippen molar-refractivity contribution in [2.75, 3.05) is 6.54 Å². The first-order valence-electron chi connectivity index (χ1n) is 9.16. The predicted octanol–water partition coefficient (Wildman–Crippen LogP) is 4.35. The van der Waals surface area contributed by atoms with Gasteiger partial charge >= 0.3 is 0 Å². The van der Waals surface area contributed by atoms with E-state index in [0.717, 1.165) is 22.4 Å². The molecule has 1 aliphatic rings. The molecule has 0 saturated carbocycles. The molecule has 0 amide bonds. The first-order chi connectivity index (χ1) is 13.7. The molecule has 0 fully saturated rings.